The van der Waals surface area contributed by atoms with Crippen LogP contribution in [0.5, 0.6) is 0 Å². The van der Waals surface area contributed by atoms with Gasteiger partial charge in [-0.15, -0.1) is 0 Å². The fourth-order valence-electron chi connectivity index (χ4n) is 1.70. The van der Waals surface area contributed by atoms with Crippen LogP contribution < -0.4 is 0 Å². The molecule has 0 saturated heterocycles. The van der Waals surface area contributed by atoms with Crippen LogP contribution in [0.4, 0.5) is 4.39 Å². The van der Waals surface area contributed by atoms with Crippen LogP contribution in [0, 0.1) is 24.1 Å². The Balaban J connectivity index is 2.91. The summed E-state index contributed by atoms with van der Waals surface area (Å²) in [4.78, 5) is 13.8. The third-order valence-electron chi connectivity index (χ3n) is 2.78. The number of benzene rings is 1. The van der Waals surface area contributed by atoms with Crippen molar-refractivity contribution in [3.8, 4) is 6.07 Å². The topological polar surface area (TPSA) is 53.3 Å². The normalized spacial score (nSPS) is 10.0. The molecule has 19 heavy (non-hydrogen) atoms. The Hall–Kier alpha value is -1.93. The number of halogens is 1. The van der Waals surface area contributed by atoms with Crippen LogP contribution in [0.2, 0.25) is 0 Å². The summed E-state index contributed by atoms with van der Waals surface area (Å²) >= 11 is 0. The van der Waals surface area contributed by atoms with Crippen LogP contribution in [-0.2, 0) is 4.74 Å². The number of nitriles is 1. The Morgan fingerprint density at radius 1 is 1.47 bits per heavy atom. The fourth-order valence-corrected chi connectivity index (χ4v) is 1.70. The number of hydrogen-bond acceptors (Lipinski definition) is 3. The van der Waals surface area contributed by atoms with Crippen molar-refractivity contribution < 1.29 is 13.9 Å². The fraction of sp³-hybridized carbons (Fsp3) is 0.429. The van der Waals surface area contributed by atoms with Crippen molar-refractivity contribution in [2.75, 3.05) is 26.8 Å². The van der Waals surface area contributed by atoms with Crippen molar-refractivity contribution in [2.45, 2.75) is 13.3 Å². The molecular weight excluding hydrogens is 247 g/mol. The first kappa shape index (κ1) is 15.1. The molecule has 0 N–H and O–H groups in total. The summed E-state index contributed by atoms with van der Waals surface area (Å²) in [7, 11) is 1.54. The number of hydrogen-bond donors (Lipinski definition) is 0. The second kappa shape index (κ2) is 7.49. The summed E-state index contributed by atoms with van der Waals surface area (Å²) in [5.74, 6) is -0.717. The molecule has 0 saturated carbocycles. The van der Waals surface area contributed by atoms with Crippen LogP contribution in [0.3, 0.4) is 0 Å². The lowest BCUT2D eigenvalue weighted by Gasteiger charge is -2.22. The van der Waals surface area contributed by atoms with Gasteiger partial charge in [0.25, 0.3) is 5.91 Å². The standard InChI is InChI=1S/C14H17FN2O2/c1-11-4-5-12(15)10-13(11)14(18)17(7-3-6-16)8-9-19-2/h4-5,10H,3,7-9H2,1-2H3. The molecule has 1 rings (SSSR count). The van der Waals surface area contributed by atoms with Crippen molar-refractivity contribution in [2.24, 2.45) is 0 Å². The SMILES string of the molecule is COCCN(CCC#N)C(=O)c1cc(F)ccc1C. The highest BCUT2D eigenvalue weighted by Gasteiger charge is 2.17. The Morgan fingerprint density at radius 2 is 2.21 bits per heavy atom. The molecular formula is C14H17FN2O2. The van der Waals surface area contributed by atoms with Gasteiger partial charge in [0.15, 0.2) is 0 Å². The van der Waals surface area contributed by atoms with E-state index in [1.807, 2.05) is 6.07 Å². The summed E-state index contributed by atoms with van der Waals surface area (Å²) in [5, 5.41) is 8.61. The molecule has 0 heterocycles. The van der Waals surface area contributed by atoms with E-state index in [1.165, 1.54) is 17.0 Å². The van der Waals surface area contributed by atoms with E-state index >= 15 is 0 Å². The molecule has 0 spiro atoms. The average Bonchev–Trinajstić information content (AvgIpc) is 2.41. The summed E-state index contributed by atoms with van der Waals surface area (Å²) in [5.41, 5.74) is 1.04. The predicted molar refractivity (Wildman–Crippen MR) is 69.1 cm³/mol. The van der Waals surface area contributed by atoms with Gasteiger partial charge >= 0.3 is 0 Å². The number of methoxy groups -OCH3 is 1. The Kier molecular flexibility index (Phi) is 5.97. The van der Waals surface area contributed by atoms with Crippen LogP contribution >= 0.6 is 0 Å². The van der Waals surface area contributed by atoms with E-state index < -0.39 is 5.82 Å². The van der Waals surface area contributed by atoms with Gasteiger partial charge in [-0.05, 0) is 24.6 Å². The lowest BCUT2D eigenvalue weighted by atomic mass is 10.1. The molecule has 0 aliphatic rings. The lowest BCUT2D eigenvalue weighted by molar-refractivity contribution is 0.0698. The van der Waals surface area contributed by atoms with E-state index in [9.17, 15) is 9.18 Å². The number of rotatable bonds is 6. The van der Waals surface area contributed by atoms with Gasteiger partial charge in [-0.3, -0.25) is 4.79 Å². The molecule has 0 atom stereocenters. The zero-order valence-corrected chi connectivity index (χ0v) is 11.1. The molecule has 0 aliphatic heterocycles. The average molecular weight is 264 g/mol. The lowest BCUT2D eigenvalue weighted by Crippen LogP contribution is -2.35. The summed E-state index contributed by atoms with van der Waals surface area (Å²) in [6, 6.07) is 6.12. The van der Waals surface area contributed by atoms with Crippen molar-refractivity contribution in [3.63, 3.8) is 0 Å². The predicted octanol–water partition coefficient (Wildman–Crippen LogP) is 2.14. The Labute approximate surface area is 112 Å². The van der Waals surface area contributed by atoms with E-state index in [2.05, 4.69) is 0 Å². The summed E-state index contributed by atoms with van der Waals surface area (Å²) in [6.45, 7) is 2.83. The molecule has 0 aromatic heterocycles. The minimum absolute atomic E-state index is 0.240. The van der Waals surface area contributed by atoms with E-state index in [0.29, 0.717) is 30.8 Å². The van der Waals surface area contributed by atoms with E-state index in [0.717, 1.165) is 0 Å². The van der Waals surface area contributed by atoms with E-state index in [1.54, 1.807) is 20.1 Å². The maximum Gasteiger partial charge on any atom is 0.254 e. The third kappa shape index (κ3) is 4.34. The Morgan fingerprint density at radius 3 is 2.84 bits per heavy atom. The minimum atomic E-state index is -0.444. The molecule has 0 unspecified atom stereocenters. The van der Waals surface area contributed by atoms with Gasteiger partial charge in [-0.2, -0.15) is 5.26 Å². The van der Waals surface area contributed by atoms with Gasteiger partial charge in [0.05, 0.1) is 19.1 Å². The van der Waals surface area contributed by atoms with Crippen LogP contribution in [-0.4, -0.2) is 37.6 Å². The summed E-state index contributed by atoms with van der Waals surface area (Å²) < 4.78 is 18.2. The first-order chi connectivity index (χ1) is 9.10. The quantitative estimate of drug-likeness (QED) is 0.791. The number of nitrogens with zero attached hydrogens (tertiary/aromatic N) is 2. The van der Waals surface area contributed by atoms with Crippen LogP contribution in [0.1, 0.15) is 22.3 Å². The van der Waals surface area contributed by atoms with Gasteiger partial charge < -0.3 is 9.64 Å². The maximum atomic E-state index is 13.2. The second-order valence-electron chi connectivity index (χ2n) is 4.15. The molecule has 0 bridgehead atoms. The molecule has 0 fully saturated rings. The van der Waals surface area contributed by atoms with Crippen molar-refractivity contribution in [3.05, 3.63) is 35.1 Å². The molecule has 4 nitrogen and oxygen atoms in total. The molecule has 1 amide bonds. The highest BCUT2D eigenvalue weighted by molar-refractivity contribution is 5.95. The molecule has 1 aromatic rings. The maximum absolute atomic E-state index is 13.2. The summed E-state index contributed by atoms with van der Waals surface area (Å²) in [6.07, 6.45) is 0.240. The van der Waals surface area contributed by atoms with Crippen LogP contribution in [0.15, 0.2) is 18.2 Å². The van der Waals surface area contributed by atoms with E-state index in [-0.39, 0.29) is 12.3 Å². The van der Waals surface area contributed by atoms with Crippen molar-refractivity contribution in [1.82, 2.24) is 4.90 Å². The van der Waals surface area contributed by atoms with Gasteiger partial charge in [-0.25, -0.2) is 4.39 Å². The zero-order chi connectivity index (χ0) is 14.3. The molecule has 5 heteroatoms. The second-order valence-corrected chi connectivity index (χ2v) is 4.15. The first-order valence-corrected chi connectivity index (χ1v) is 6.01. The number of ether oxygens (including phenoxy) is 1. The Bertz CT molecular complexity index is 483. The minimum Gasteiger partial charge on any atom is -0.383 e. The third-order valence-corrected chi connectivity index (χ3v) is 2.78. The molecule has 0 aliphatic carbocycles. The highest BCUT2D eigenvalue weighted by atomic mass is 19.1. The van der Waals surface area contributed by atoms with Crippen LogP contribution in [0.25, 0.3) is 0 Å². The largest absolute Gasteiger partial charge is 0.383 e. The molecule has 102 valence electrons. The van der Waals surface area contributed by atoms with Gasteiger partial charge in [-0.1, -0.05) is 6.07 Å². The molecule has 1 aromatic carbocycles. The van der Waals surface area contributed by atoms with Gasteiger partial charge in [0.2, 0.25) is 0 Å². The molecule has 0 radical (unpaired) electrons. The van der Waals surface area contributed by atoms with Crippen molar-refractivity contribution >= 4 is 5.91 Å². The number of carbonyl (C=O) groups is 1. The van der Waals surface area contributed by atoms with E-state index in [4.69, 9.17) is 10.00 Å². The van der Waals surface area contributed by atoms with Gasteiger partial charge in [0.1, 0.15) is 5.82 Å². The monoisotopic (exact) mass is 264 g/mol. The number of aryl methyl sites for hydroxylation is 1. The number of amides is 1. The highest BCUT2D eigenvalue weighted by Crippen LogP contribution is 2.13. The smallest absolute Gasteiger partial charge is 0.254 e. The van der Waals surface area contributed by atoms with Crippen molar-refractivity contribution in [1.29, 1.82) is 5.26 Å². The zero-order valence-electron chi connectivity index (χ0n) is 11.1. The number of carbonyl (C=O) groups excluding carboxylic acids is 1. The first-order valence-electron chi connectivity index (χ1n) is 6.01. The van der Waals surface area contributed by atoms with Gasteiger partial charge in [0, 0.05) is 25.8 Å².